The molecule has 0 atom stereocenters. The van der Waals surface area contributed by atoms with Gasteiger partial charge in [-0.1, -0.05) is 97.1 Å². The summed E-state index contributed by atoms with van der Waals surface area (Å²) in [5.41, 5.74) is 13.9. The van der Waals surface area contributed by atoms with E-state index >= 15 is 0 Å². The van der Waals surface area contributed by atoms with Gasteiger partial charge in [0.25, 0.3) is 0 Å². The van der Waals surface area contributed by atoms with Crippen LogP contribution in [0.5, 0.6) is 0 Å². The van der Waals surface area contributed by atoms with Crippen molar-refractivity contribution in [2.24, 2.45) is 0 Å². The smallest absolute Gasteiger partial charge is 0.136 e. The van der Waals surface area contributed by atoms with Gasteiger partial charge in [-0.25, -0.2) is 0 Å². The quantitative estimate of drug-likeness (QED) is 0.179. The molecule has 0 aliphatic heterocycles. The third-order valence-corrected chi connectivity index (χ3v) is 11.8. The summed E-state index contributed by atoms with van der Waals surface area (Å²) in [6.45, 7) is 2.24. The number of hydrogen-bond acceptors (Lipinski definition) is 1. The van der Waals surface area contributed by atoms with Crippen molar-refractivity contribution >= 4 is 104 Å². The SMILES string of the molecule is Cc1cccc2c1c1ccc3c(c4c5c(cc6c7c8c(ccc7n3c64)c3ccccc3n8-c3ccccc3)oc3ccccc35)c1n2-c1ccccc1. The number of nitrogens with zero attached hydrogens (tertiary/aromatic N) is 3. The van der Waals surface area contributed by atoms with Crippen molar-refractivity contribution in [3.8, 4) is 11.4 Å². The highest BCUT2D eigenvalue weighted by atomic mass is 16.3. The Morgan fingerprint density at radius 1 is 0.358 bits per heavy atom. The van der Waals surface area contributed by atoms with Crippen LogP contribution in [0.15, 0.2) is 162 Å². The van der Waals surface area contributed by atoms with Gasteiger partial charge >= 0.3 is 0 Å². The van der Waals surface area contributed by atoms with Gasteiger partial charge in [-0.2, -0.15) is 0 Å². The summed E-state index contributed by atoms with van der Waals surface area (Å²) >= 11 is 0. The van der Waals surface area contributed by atoms with Gasteiger partial charge in [0, 0.05) is 65.2 Å². The molecule has 13 aromatic rings. The van der Waals surface area contributed by atoms with Crippen molar-refractivity contribution in [2.45, 2.75) is 6.92 Å². The zero-order chi connectivity index (χ0) is 34.5. The predicted molar refractivity (Wildman–Crippen MR) is 222 cm³/mol. The van der Waals surface area contributed by atoms with E-state index in [1.54, 1.807) is 0 Å². The molecular formula is C49H29N3O. The van der Waals surface area contributed by atoms with Crippen molar-refractivity contribution < 1.29 is 4.42 Å². The summed E-state index contributed by atoms with van der Waals surface area (Å²) in [5, 5.41) is 12.3. The van der Waals surface area contributed by atoms with Gasteiger partial charge in [0.05, 0.1) is 38.6 Å². The Morgan fingerprint density at radius 2 is 0.981 bits per heavy atom. The lowest BCUT2D eigenvalue weighted by molar-refractivity contribution is 0.669. The van der Waals surface area contributed by atoms with Gasteiger partial charge in [0.1, 0.15) is 11.2 Å². The summed E-state index contributed by atoms with van der Waals surface area (Å²) in [6, 6.07) is 57.4. The monoisotopic (exact) mass is 675 g/mol. The van der Waals surface area contributed by atoms with Crippen LogP contribution in [0.3, 0.4) is 0 Å². The molecule has 0 aliphatic carbocycles. The topological polar surface area (TPSA) is 27.4 Å². The van der Waals surface area contributed by atoms with Gasteiger partial charge in [-0.15, -0.1) is 0 Å². The second kappa shape index (κ2) is 9.64. The highest BCUT2D eigenvalue weighted by Crippen LogP contribution is 2.51. The summed E-state index contributed by atoms with van der Waals surface area (Å²) in [6.07, 6.45) is 0. The Balaban J connectivity index is 1.36. The minimum Gasteiger partial charge on any atom is -0.456 e. The average molecular weight is 676 g/mol. The molecule has 0 N–H and O–H groups in total. The highest BCUT2D eigenvalue weighted by Gasteiger charge is 2.28. The number of para-hydroxylation sites is 4. The molecule has 0 fully saturated rings. The molecule has 246 valence electrons. The molecule has 0 spiro atoms. The Morgan fingerprint density at radius 3 is 1.77 bits per heavy atom. The first kappa shape index (κ1) is 27.7. The summed E-state index contributed by atoms with van der Waals surface area (Å²) < 4.78 is 14.3. The number of rotatable bonds is 2. The lowest BCUT2D eigenvalue weighted by Gasteiger charge is -2.10. The van der Waals surface area contributed by atoms with Crippen LogP contribution in [0.2, 0.25) is 0 Å². The Bertz CT molecular complexity index is 3670. The fourth-order valence-corrected chi connectivity index (χ4v) is 9.86. The van der Waals surface area contributed by atoms with Crippen LogP contribution in [-0.4, -0.2) is 13.5 Å². The van der Waals surface area contributed by atoms with E-state index in [0.29, 0.717) is 0 Å². The molecule has 8 aromatic carbocycles. The molecular weight excluding hydrogens is 647 g/mol. The maximum absolute atomic E-state index is 6.83. The van der Waals surface area contributed by atoms with E-state index in [4.69, 9.17) is 4.42 Å². The lowest BCUT2D eigenvalue weighted by atomic mass is 9.99. The Kier molecular flexibility index (Phi) is 5.03. The second-order valence-corrected chi connectivity index (χ2v) is 14.5. The summed E-state index contributed by atoms with van der Waals surface area (Å²) in [5.74, 6) is 0. The predicted octanol–water partition coefficient (Wildman–Crippen LogP) is 13.2. The Hall–Kier alpha value is -7.04. The molecule has 4 heteroatoms. The second-order valence-electron chi connectivity index (χ2n) is 14.5. The van der Waals surface area contributed by atoms with Gasteiger partial charge in [-0.3, -0.25) is 0 Å². The van der Waals surface area contributed by atoms with E-state index in [0.717, 1.165) is 27.9 Å². The van der Waals surface area contributed by atoms with Crippen molar-refractivity contribution in [2.75, 3.05) is 0 Å². The van der Waals surface area contributed by atoms with Gasteiger partial charge in [0.15, 0.2) is 0 Å². The van der Waals surface area contributed by atoms with Crippen LogP contribution in [0.1, 0.15) is 5.56 Å². The van der Waals surface area contributed by atoms with E-state index in [-0.39, 0.29) is 0 Å². The average Bonchev–Trinajstić information content (AvgIpc) is 3.99. The standard InChI is InChI=1S/C49H29N3O/c1-28-13-12-21-37-42(28)34-24-26-39-45(48(34)51(37)30-16-6-3-7-17-30)46-44-33-19-9-11-22-40(33)53-41(44)27-35-43-38(52(39)49(35)46)25-23-32-31-18-8-10-20-36(31)50(47(32)43)29-14-4-2-5-15-29/h2-27H,1H3. The zero-order valence-electron chi connectivity index (χ0n) is 28.8. The minimum absolute atomic E-state index is 0.908. The van der Waals surface area contributed by atoms with Gasteiger partial charge in [0.2, 0.25) is 0 Å². The third-order valence-electron chi connectivity index (χ3n) is 11.8. The van der Waals surface area contributed by atoms with E-state index in [9.17, 15) is 0 Å². The van der Waals surface area contributed by atoms with Gasteiger partial charge < -0.3 is 18.0 Å². The lowest BCUT2D eigenvalue weighted by Crippen LogP contribution is -1.94. The summed E-state index contributed by atoms with van der Waals surface area (Å²) in [7, 11) is 0. The number of aromatic nitrogens is 3. The van der Waals surface area contributed by atoms with Crippen LogP contribution >= 0.6 is 0 Å². The Labute approximate surface area is 302 Å². The fraction of sp³-hybridized carbons (Fsp3) is 0.0204. The van der Waals surface area contributed by atoms with Crippen LogP contribution in [-0.2, 0) is 0 Å². The van der Waals surface area contributed by atoms with Gasteiger partial charge in [-0.05, 0) is 73.2 Å². The molecule has 13 rings (SSSR count). The molecule has 0 aliphatic rings. The fourth-order valence-electron chi connectivity index (χ4n) is 9.86. The number of aryl methyl sites for hydroxylation is 1. The van der Waals surface area contributed by atoms with Crippen molar-refractivity contribution in [1.29, 1.82) is 0 Å². The first-order valence-corrected chi connectivity index (χ1v) is 18.3. The maximum atomic E-state index is 6.83. The van der Waals surface area contributed by atoms with E-state index in [1.165, 1.54) is 92.7 Å². The molecule has 0 saturated heterocycles. The normalized spacial score (nSPS) is 12.6. The minimum atomic E-state index is 0.908. The molecule has 0 amide bonds. The molecule has 4 nitrogen and oxygen atoms in total. The summed E-state index contributed by atoms with van der Waals surface area (Å²) in [4.78, 5) is 0. The largest absolute Gasteiger partial charge is 0.456 e. The molecule has 53 heavy (non-hydrogen) atoms. The van der Waals surface area contributed by atoms with Crippen molar-refractivity contribution in [1.82, 2.24) is 13.5 Å². The van der Waals surface area contributed by atoms with E-state index in [1.807, 2.05) is 0 Å². The number of benzene rings is 8. The van der Waals surface area contributed by atoms with E-state index < -0.39 is 0 Å². The molecule has 0 bridgehead atoms. The maximum Gasteiger partial charge on any atom is 0.136 e. The van der Waals surface area contributed by atoms with Crippen LogP contribution in [0.25, 0.3) is 115 Å². The van der Waals surface area contributed by atoms with Crippen LogP contribution in [0, 0.1) is 6.92 Å². The zero-order valence-corrected chi connectivity index (χ0v) is 28.8. The van der Waals surface area contributed by atoms with E-state index in [2.05, 4.69) is 178 Å². The molecule has 0 radical (unpaired) electrons. The van der Waals surface area contributed by atoms with Crippen LogP contribution < -0.4 is 0 Å². The van der Waals surface area contributed by atoms with Crippen LogP contribution in [0.4, 0.5) is 0 Å². The number of fused-ring (bicyclic) bond motifs is 18. The first-order chi connectivity index (χ1) is 26.3. The van der Waals surface area contributed by atoms with Crippen molar-refractivity contribution in [3.05, 3.63) is 163 Å². The first-order valence-electron chi connectivity index (χ1n) is 18.3. The molecule has 5 heterocycles. The third kappa shape index (κ3) is 3.28. The molecule has 0 saturated carbocycles. The highest BCUT2D eigenvalue weighted by molar-refractivity contribution is 6.41. The number of furan rings is 1. The molecule has 5 aromatic heterocycles. The molecule has 0 unspecified atom stereocenters. The van der Waals surface area contributed by atoms with Crippen molar-refractivity contribution in [3.63, 3.8) is 0 Å². The number of hydrogen-bond donors (Lipinski definition) is 0.